The quantitative estimate of drug-likeness (QED) is 0.0671. The standard InChI is InChI=1S/C37H73N2/c1-5-7-9-11-13-15-17-19-20-21-22-24-26-28-30-32-37-38(34-35-39(37)36(3)4)33-31-29-27-25-23-18-16-14-12-10-8-6-2/h34-36H,5-33H2,1-4H3/q+1. The number of hydrogen-bond donors (Lipinski definition) is 0. The Hall–Kier alpha value is -0.790. The van der Waals surface area contributed by atoms with E-state index in [4.69, 9.17) is 0 Å². The first kappa shape index (κ1) is 36.2. The molecule has 0 saturated carbocycles. The zero-order valence-electron chi connectivity index (χ0n) is 27.6. The van der Waals surface area contributed by atoms with Crippen LogP contribution in [0.25, 0.3) is 0 Å². The monoisotopic (exact) mass is 546 g/mol. The minimum absolute atomic E-state index is 0.569. The van der Waals surface area contributed by atoms with Crippen LogP contribution in [-0.4, -0.2) is 4.57 Å². The third-order valence-corrected chi connectivity index (χ3v) is 8.85. The number of hydrogen-bond acceptors (Lipinski definition) is 0. The molecule has 0 spiro atoms. The van der Waals surface area contributed by atoms with Gasteiger partial charge in [0, 0.05) is 6.42 Å². The van der Waals surface area contributed by atoms with Crippen LogP contribution in [0, 0.1) is 0 Å². The van der Waals surface area contributed by atoms with Crippen molar-refractivity contribution in [3.05, 3.63) is 18.2 Å². The largest absolute Gasteiger partial charge is 0.256 e. The number of nitrogens with zero attached hydrogens (tertiary/aromatic N) is 2. The Morgan fingerprint density at radius 1 is 0.487 bits per heavy atom. The Kier molecular flexibility index (Phi) is 25.4. The second-order valence-electron chi connectivity index (χ2n) is 13.0. The summed E-state index contributed by atoms with van der Waals surface area (Å²) in [7, 11) is 0. The van der Waals surface area contributed by atoms with Crippen LogP contribution in [0.4, 0.5) is 0 Å². The molecule has 0 atom stereocenters. The topological polar surface area (TPSA) is 8.81 Å². The molecular weight excluding hydrogens is 472 g/mol. The summed E-state index contributed by atoms with van der Waals surface area (Å²) in [6.45, 7) is 10.5. The molecule has 2 nitrogen and oxygen atoms in total. The van der Waals surface area contributed by atoms with Gasteiger partial charge in [-0.2, -0.15) is 0 Å². The summed E-state index contributed by atoms with van der Waals surface area (Å²) < 4.78 is 5.12. The van der Waals surface area contributed by atoms with Gasteiger partial charge in [0.15, 0.2) is 0 Å². The van der Waals surface area contributed by atoms with Gasteiger partial charge in [0.25, 0.3) is 5.82 Å². The van der Waals surface area contributed by atoms with Gasteiger partial charge in [-0.05, 0) is 33.1 Å². The molecule has 0 aliphatic carbocycles. The first-order valence-electron chi connectivity index (χ1n) is 18.3. The highest BCUT2D eigenvalue weighted by molar-refractivity contribution is 4.86. The van der Waals surface area contributed by atoms with E-state index in [9.17, 15) is 0 Å². The smallest absolute Gasteiger partial charge is 0.234 e. The zero-order chi connectivity index (χ0) is 28.2. The van der Waals surface area contributed by atoms with Crippen molar-refractivity contribution in [3.8, 4) is 0 Å². The van der Waals surface area contributed by atoms with Crippen LogP contribution in [0.2, 0.25) is 0 Å². The van der Waals surface area contributed by atoms with E-state index < -0.39 is 0 Å². The third-order valence-electron chi connectivity index (χ3n) is 8.85. The number of imidazole rings is 1. The van der Waals surface area contributed by atoms with Crippen molar-refractivity contribution in [2.75, 3.05) is 0 Å². The molecule has 1 heterocycles. The minimum atomic E-state index is 0.569. The lowest BCUT2D eigenvalue weighted by atomic mass is 10.0. The maximum absolute atomic E-state index is 2.58. The van der Waals surface area contributed by atoms with Gasteiger partial charge in [-0.1, -0.05) is 168 Å². The molecule has 39 heavy (non-hydrogen) atoms. The molecule has 0 saturated heterocycles. The lowest BCUT2D eigenvalue weighted by Gasteiger charge is -2.08. The van der Waals surface area contributed by atoms with E-state index in [1.54, 1.807) is 5.82 Å². The maximum Gasteiger partial charge on any atom is 0.256 e. The number of aromatic nitrogens is 2. The van der Waals surface area contributed by atoms with Crippen molar-refractivity contribution in [1.29, 1.82) is 0 Å². The van der Waals surface area contributed by atoms with E-state index in [0.29, 0.717) is 6.04 Å². The van der Waals surface area contributed by atoms with Gasteiger partial charge in [0.2, 0.25) is 0 Å². The molecule has 0 N–H and O–H groups in total. The van der Waals surface area contributed by atoms with Crippen LogP contribution in [0.15, 0.2) is 12.4 Å². The summed E-state index contributed by atoms with van der Waals surface area (Å²) in [5.41, 5.74) is 0. The van der Waals surface area contributed by atoms with Crippen molar-refractivity contribution in [2.24, 2.45) is 0 Å². The molecule has 1 rings (SSSR count). The second-order valence-corrected chi connectivity index (χ2v) is 13.0. The van der Waals surface area contributed by atoms with Crippen molar-refractivity contribution in [3.63, 3.8) is 0 Å². The molecule has 0 unspecified atom stereocenters. The highest BCUT2D eigenvalue weighted by Crippen LogP contribution is 2.16. The normalized spacial score (nSPS) is 11.7. The minimum Gasteiger partial charge on any atom is -0.234 e. The maximum atomic E-state index is 2.58. The Morgan fingerprint density at radius 2 is 0.821 bits per heavy atom. The van der Waals surface area contributed by atoms with Crippen LogP contribution in [-0.2, 0) is 13.0 Å². The molecule has 0 amide bonds. The van der Waals surface area contributed by atoms with Crippen molar-refractivity contribution >= 4 is 0 Å². The Bertz CT molecular complexity index is 617. The summed E-state index contributed by atoms with van der Waals surface area (Å²) in [5.74, 6) is 1.57. The SMILES string of the molecule is CCCCCCCCCCCCCCCCCc1n(C(C)C)cc[n+]1CCCCCCCCCCCCCC. The van der Waals surface area contributed by atoms with Gasteiger partial charge in [0.1, 0.15) is 12.4 Å². The summed E-state index contributed by atoms with van der Waals surface area (Å²) in [6, 6.07) is 0.569. The predicted molar refractivity (Wildman–Crippen MR) is 175 cm³/mol. The van der Waals surface area contributed by atoms with Crippen LogP contribution in [0.5, 0.6) is 0 Å². The van der Waals surface area contributed by atoms with Gasteiger partial charge < -0.3 is 0 Å². The van der Waals surface area contributed by atoms with Crippen LogP contribution < -0.4 is 4.57 Å². The van der Waals surface area contributed by atoms with Gasteiger partial charge in [-0.15, -0.1) is 0 Å². The average molecular weight is 546 g/mol. The molecule has 0 aliphatic heterocycles. The predicted octanol–water partition coefficient (Wildman–Crippen LogP) is 12.5. The lowest BCUT2D eigenvalue weighted by molar-refractivity contribution is -0.704. The van der Waals surface area contributed by atoms with E-state index in [0.717, 1.165) is 0 Å². The van der Waals surface area contributed by atoms with Crippen molar-refractivity contribution < 1.29 is 4.57 Å². The second kappa shape index (κ2) is 27.4. The molecule has 2 heteroatoms. The van der Waals surface area contributed by atoms with E-state index in [1.165, 1.54) is 186 Å². The molecule has 0 fully saturated rings. The molecule has 0 aliphatic rings. The average Bonchev–Trinajstić information content (AvgIpc) is 3.34. The molecule has 0 aromatic carbocycles. The fourth-order valence-corrected chi connectivity index (χ4v) is 6.20. The highest BCUT2D eigenvalue weighted by atomic mass is 15.2. The summed E-state index contributed by atoms with van der Waals surface area (Å²) in [6.07, 6.45) is 44.7. The van der Waals surface area contributed by atoms with E-state index in [1.807, 2.05) is 0 Å². The first-order valence-corrected chi connectivity index (χ1v) is 18.3. The first-order chi connectivity index (χ1) is 19.2. The fraction of sp³-hybridized carbons (Fsp3) is 0.919. The number of rotatable bonds is 30. The zero-order valence-corrected chi connectivity index (χ0v) is 27.6. The van der Waals surface area contributed by atoms with Gasteiger partial charge >= 0.3 is 0 Å². The Morgan fingerprint density at radius 3 is 1.18 bits per heavy atom. The van der Waals surface area contributed by atoms with Gasteiger partial charge in [-0.25, -0.2) is 9.13 Å². The van der Waals surface area contributed by atoms with E-state index in [-0.39, 0.29) is 0 Å². The van der Waals surface area contributed by atoms with E-state index in [2.05, 4.69) is 49.2 Å². The number of aryl methyl sites for hydroxylation is 1. The van der Waals surface area contributed by atoms with Crippen LogP contribution >= 0.6 is 0 Å². The van der Waals surface area contributed by atoms with E-state index >= 15 is 0 Å². The number of unbranched alkanes of at least 4 members (excludes halogenated alkanes) is 25. The summed E-state index contributed by atoms with van der Waals surface area (Å²) >= 11 is 0. The highest BCUT2D eigenvalue weighted by Gasteiger charge is 2.18. The van der Waals surface area contributed by atoms with Crippen LogP contribution in [0.3, 0.4) is 0 Å². The Balaban J connectivity index is 2.06. The molecule has 0 bridgehead atoms. The molecule has 230 valence electrons. The molecule has 0 radical (unpaired) electrons. The van der Waals surface area contributed by atoms with Crippen molar-refractivity contribution in [2.45, 2.75) is 220 Å². The molecule has 1 aromatic rings. The van der Waals surface area contributed by atoms with Crippen molar-refractivity contribution in [1.82, 2.24) is 4.57 Å². The molecular formula is C37H73N2+. The van der Waals surface area contributed by atoms with Gasteiger partial charge in [-0.3, -0.25) is 0 Å². The fourth-order valence-electron chi connectivity index (χ4n) is 6.20. The summed E-state index contributed by atoms with van der Waals surface area (Å²) in [5, 5.41) is 0. The Labute approximate surface area is 247 Å². The van der Waals surface area contributed by atoms with Crippen LogP contribution in [0.1, 0.15) is 213 Å². The third kappa shape index (κ3) is 20.7. The summed E-state index contributed by atoms with van der Waals surface area (Å²) in [4.78, 5) is 0. The lowest BCUT2D eigenvalue weighted by Crippen LogP contribution is -2.37. The van der Waals surface area contributed by atoms with Gasteiger partial charge in [0.05, 0.1) is 12.6 Å². The molecule has 1 aromatic heterocycles.